The lowest BCUT2D eigenvalue weighted by atomic mass is 10.2. The molecule has 1 heterocycles. The van der Waals surface area contributed by atoms with E-state index in [1.165, 1.54) is 6.07 Å². The van der Waals surface area contributed by atoms with Crippen LogP contribution >= 0.6 is 11.6 Å². The van der Waals surface area contributed by atoms with Crippen molar-refractivity contribution in [1.29, 1.82) is 0 Å². The van der Waals surface area contributed by atoms with Crippen LogP contribution in [0.2, 0.25) is 5.02 Å². The summed E-state index contributed by atoms with van der Waals surface area (Å²) in [6.07, 6.45) is 1.84. The molecule has 0 atom stereocenters. The van der Waals surface area contributed by atoms with E-state index in [0.29, 0.717) is 23.0 Å². The van der Waals surface area contributed by atoms with E-state index >= 15 is 0 Å². The molecule has 0 aliphatic heterocycles. The highest BCUT2D eigenvalue weighted by Crippen LogP contribution is 2.17. The Hall–Kier alpha value is -1.39. The monoisotopic (exact) mass is 309 g/mol. The molecule has 1 N–H and O–H groups in total. The molecule has 0 fully saturated rings. The number of nitrogens with zero attached hydrogens (tertiary/aromatic N) is 2. The number of hydrogen-bond donors (Lipinski definition) is 1. The van der Waals surface area contributed by atoms with Gasteiger partial charge in [0.2, 0.25) is 0 Å². The summed E-state index contributed by atoms with van der Waals surface area (Å²) in [5.41, 5.74) is 2.74. The van der Waals surface area contributed by atoms with Gasteiger partial charge in [-0.2, -0.15) is 5.10 Å². The molecule has 2 aromatic rings. The topological polar surface area (TPSA) is 29.9 Å². The van der Waals surface area contributed by atoms with E-state index < -0.39 is 0 Å². The lowest BCUT2D eigenvalue weighted by Gasteiger charge is -2.09. The third-order valence-corrected chi connectivity index (χ3v) is 3.64. The predicted molar refractivity (Wildman–Crippen MR) is 84.0 cm³/mol. The van der Waals surface area contributed by atoms with Crippen molar-refractivity contribution in [2.45, 2.75) is 33.9 Å². The summed E-state index contributed by atoms with van der Waals surface area (Å²) in [5, 5.41) is 8.27. The van der Waals surface area contributed by atoms with Crippen molar-refractivity contribution >= 4 is 11.6 Å². The number of halogens is 2. The van der Waals surface area contributed by atoms with Crippen LogP contribution in [0.25, 0.3) is 0 Å². The number of aromatic nitrogens is 2. The maximum absolute atomic E-state index is 13.8. The number of rotatable bonds is 6. The molecule has 5 heteroatoms. The zero-order chi connectivity index (χ0) is 15.4. The zero-order valence-electron chi connectivity index (χ0n) is 12.7. The van der Waals surface area contributed by atoms with Crippen LogP contribution in [0.4, 0.5) is 4.39 Å². The van der Waals surface area contributed by atoms with Crippen LogP contribution in [0.3, 0.4) is 0 Å². The predicted octanol–water partition coefficient (Wildman–Crippen LogP) is 3.78. The van der Waals surface area contributed by atoms with Crippen molar-refractivity contribution in [3.8, 4) is 0 Å². The molecule has 3 nitrogen and oxygen atoms in total. The fraction of sp³-hybridized carbons (Fsp3) is 0.438. The molecular weight excluding hydrogens is 289 g/mol. The highest BCUT2D eigenvalue weighted by atomic mass is 35.5. The summed E-state index contributed by atoms with van der Waals surface area (Å²) in [5.74, 6) is 0.356. The third kappa shape index (κ3) is 4.29. The highest BCUT2D eigenvalue weighted by molar-refractivity contribution is 6.30. The largest absolute Gasteiger partial charge is 0.312 e. The van der Waals surface area contributed by atoms with Crippen molar-refractivity contribution in [3.63, 3.8) is 0 Å². The van der Waals surface area contributed by atoms with Crippen molar-refractivity contribution in [3.05, 3.63) is 52.1 Å². The second-order valence-electron chi connectivity index (χ2n) is 5.67. The second kappa shape index (κ2) is 7.05. The Bertz CT molecular complexity index is 608. The van der Waals surface area contributed by atoms with Gasteiger partial charge in [-0.05, 0) is 37.6 Å². The van der Waals surface area contributed by atoms with Crippen molar-refractivity contribution < 1.29 is 4.39 Å². The maximum Gasteiger partial charge on any atom is 0.128 e. The number of hydrogen-bond acceptors (Lipinski definition) is 2. The minimum absolute atomic E-state index is 0.256. The average molecular weight is 310 g/mol. The van der Waals surface area contributed by atoms with Crippen LogP contribution in [0.1, 0.15) is 30.7 Å². The first-order valence-electron chi connectivity index (χ1n) is 7.13. The Morgan fingerprint density at radius 1 is 1.33 bits per heavy atom. The molecule has 1 aromatic carbocycles. The molecule has 0 aliphatic carbocycles. The minimum atomic E-state index is -0.256. The van der Waals surface area contributed by atoms with Crippen LogP contribution < -0.4 is 5.32 Å². The van der Waals surface area contributed by atoms with Gasteiger partial charge in [0.25, 0.3) is 0 Å². The van der Waals surface area contributed by atoms with Crippen LogP contribution in [0.15, 0.2) is 24.4 Å². The first-order valence-corrected chi connectivity index (χ1v) is 7.51. The summed E-state index contributed by atoms with van der Waals surface area (Å²) >= 11 is 5.92. The second-order valence-corrected chi connectivity index (χ2v) is 6.11. The molecule has 1 aromatic heterocycles. The molecule has 0 amide bonds. The first kappa shape index (κ1) is 16.0. The quantitative estimate of drug-likeness (QED) is 0.880. The Labute approximate surface area is 130 Å². The fourth-order valence-corrected chi connectivity index (χ4v) is 2.33. The zero-order valence-corrected chi connectivity index (χ0v) is 13.4. The molecule has 2 rings (SSSR count). The van der Waals surface area contributed by atoms with Crippen LogP contribution in [0, 0.1) is 18.7 Å². The minimum Gasteiger partial charge on any atom is -0.312 e. The highest BCUT2D eigenvalue weighted by Gasteiger charge is 2.10. The SMILES string of the molecule is Cc1c(CNCC(C)C)cnn1Cc1cc(Cl)ccc1F. The van der Waals surface area contributed by atoms with Gasteiger partial charge in [-0.25, -0.2) is 4.39 Å². The molecular formula is C16H21ClFN3. The lowest BCUT2D eigenvalue weighted by Crippen LogP contribution is -2.19. The van der Waals surface area contributed by atoms with Gasteiger partial charge in [0.1, 0.15) is 5.82 Å². The standard InChI is InChI=1S/C16H21ClFN3/c1-11(2)7-19-8-14-9-20-21(12(14)3)10-13-6-15(17)4-5-16(13)18/h4-6,9,11,19H,7-8,10H2,1-3H3. The molecule has 0 saturated carbocycles. The molecule has 0 spiro atoms. The summed E-state index contributed by atoms with van der Waals surface area (Å²) in [7, 11) is 0. The maximum atomic E-state index is 13.8. The molecule has 0 saturated heterocycles. The molecule has 0 radical (unpaired) electrons. The Kier molecular flexibility index (Phi) is 5.37. The molecule has 21 heavy (non-hydrogen) atoms. The van der Waals surface area contributed by atoms with Gasteiger partial charge in [0.15, 0.2) is 0 Å². The van der Waals surface area contributed by atoms with Gasteiger partial charge < -0.3 is 5.32 Å². The molecule has 114 valence electrons. The molecule has 0 unspecified atom stereocenters. The normalized spacial score (nSPS) is 11.3. The fourth-order valence-electron chi connectivity index (χ4n) is 2.14. The molecule has 0 aliphatic rings. The van der Waals surface area contributed by atoms with Gasteiger partial charge in [-0.15, -0.1) is 0 Å². The number of benzene rings is 1. The first-order chi connectivity index (χ1) is 9.97. The van der Waals surface area contributed by atoms with Gasteiger partial charge in [-0.1, -0.05) is 25.4 Å². The van der Waals surface area contributed by atoms with E-state index in [1.807, 2.05) is 13.1 Å². The van der Waals surface area contributed by atoms with E-state index in [0.717, 1.165) is 24.3 Å². The van der Waals surface area contributed by atoms with Crippen LogP contribution in [-0.4, -0.2) is 16.3 Å². The Morgan fingerprint density at radius 3 is 2.81 bits per heavy atom. The summed E-state index contributed by atoms with van der Waals surface area (Å²) in [4.78, 5) is 0. The van der Waals surface area contributed by atoms with Crippen molar-refractivity contribution in [1.82, 2.24) is 15.1 Å². The third-order valence-electron chi connectivity index (χ3n) is 3.40. The molecule has 0 bridgehead atoms. The van der Waals surface area contributed by atoms with Crippen LogP contribution in [-0.2, 0) is 13.1 Å². The summed E-state index contributed by atoms with van der Waals surface area (Å²) in [6, 6.07) is 4.59. The van der Waals surface area contributed by atoms with Gasteiger partial charge in [-0.3, -0.25) is 4.68 Å². The lowest BCUT2D eigenvalue weighted by molar-refractivity contribution is 0.550. The summed E-state index contributed by atoms with van der Waals surface area (Å²) < 4.78 is 15.6. The number of nitrogens with one attached hydrogen (secondary N) is 1. The Morgan fingerprint density at radius 2 is 2.10 bits per heavy atom. The van der Waals surface area contributed by atoms with Gasteiger partial charge >= 0.3 is 0 Å². The van der Waals surface area contributed by atoms with E-state index in [9.17, 15) is 4.39 Å². The van der Waals surface area contributed by atoms with E-state index in [-0.39, 0.29) is 5.82 Å². The van der Waals surface area contributed by atoms with E-state index in [1.54, 1.807) is 16.8 Å². The smallest absolute Gasteiger partial charge is 0.128 e. The van der Waals surface area contributed by atoms with Crippen molar-refractivity contribution in [2.24, 2.45) is 5.92 Å². The summed E-state index contributed by atoms with van der Waals surface area (Å²) in [6.45, 7) is 8.48. The van der Waals surface area contributed by atoms with Gasteiger partial charge in [0, 0.05) is 28.4 Å². The van der Waals surface area contributed by atoms with E-state index in [4.69, 9.17) is 11.6 Å². The van der Waals surface area contributed by atoms with Gasteiger partial charge in [0.05, 0.1) is 12.7 Å². The van der Waals surface area contributed by atoms with Crippen molar-refractivity contribution in [2.75, 3.05) is 6.54 Å². The van der Waals surface area contributed by atoms with Crippen LogP contribution in [0.5, 0.6) is 0 Å². The average Bonchev–Trinajstić information content (AvgIpc) is 2.75. The van der Waals surface area contributed by atoms with E-state index in [2.05, 4.69) is 24.3 Å². The Balaban J connectivity index is 2.08.